The molecule has 0 bridgehead atoms. The molecule has 1 atom stereocenters. The Bertz CT molecular complexity index is 710. The monoisotopic (exact) mass is 372 g/mol. The number of hydrogen-bond acceptors (Lipinski definition) is 3. The summed E-state index contributed by atoms with van der Waals surface area (Å²) in [5.74, 6) is -1.20. The lowest BCUT2D eigenvalue weighted by molar-refractivity contribution is -0.143. The Morgan fingerprint density at radius 1 is 1.04 bits per heavy atom. The number of carboxylic acid groups (broad SMARTS) is 1. The predicted octanol–water partition coefficient (Wildman–Crippen LogP) is 2.92. The van der Waals surface area contributed by atoms with E-state index in [4.69, 9.17) is 5.73 Å². The van der Waals surface area contributed by atoms with E-state index >= 15 is 0 Å². The van der Waals surface area contributed by atoms with Crippen molar-refractivity contribution in [3.05, 3.63) is 35.4 Å². The molecule has 1 saturated carbocycles. The molecule has 3 N–H and O–H groups in total. The van der Waals surface area contributed by atoms with E-state index < -0.39 is 11.9 Å². The van der Waals surface area contributed by atoms with Crippen LogP contribution in [0.5, 0.6) is 0 Å². The number of aliphatic carboxylic acids is 1. The molecule has 1 unspecified atom stereocenters. The second kappa shape index (κ2) is 7.71. The standard InChI is InChI=1S/C21H28N2O4/c1-14(20(26)27)15-6-8-21(9-7-15)10-12-23(13-11-21)19(25)17-4-2-16(3-5-17)18(22)24/h2-5,14-15H,6-13H2,1H3,(H2,22,24)(H,26,27). The van der Waals surface area contributed by atoms with E-state index in [2.05, 4.69) is 0 Å². The third-order valence-corrected chi connectivity index (χ3v) is 6.72. The second-order valence-electron chi connectivity index (χ2n) is 8.20. The van der Waals surface area contributed by atoms with Gasteiger partial charge in [-0.1, -0.05) is 6.92 Å². The number of amides is 2. The summed E-state index contributed by atoms with van der Waals surface area (Å²) in [6.07, 6.45) is 6.01. The van der Waals surface area contributed by atoms with Crippen LogP contribution >= 0.6 is 0 Å². The topological polar surface area (TPSA) is 101 Å². The maximum Gasteiger partial charge on any atom is 0.306 e. The first-order chi connectivity index (χ1) is 12.8. The SMILES string of the molecule is CC(C(=O)O)C1CCC2(CC1)CCN(C(=O)c1ccc(C(N)=O)cc1)CC2. The summed E-state index contributed by atoms with van der Waals surface area (Å²) >= 11 is 0. The molecular weight excluding hydrogens is 344 g/mol. The number of carboxylic acids is 1. The number of piperidine rings is 1. The van der Waals surface area contributed by atoms with Gasteiger partial charge in [0.05, 0.1) is 5.92 Å². The molecule has 0 radical (unpaired) electrons. The van der Waals surface area contributed by atoms with Crippen LogP contribution in [0.15, 0.2) is 24.3 Å². The quantitative estimate of drug-likeness (QED) is 0.848. The summed E-state index contributed by atoms with van der Waals surface area (Å²) in [6, 6.07) is 6.49. The van der Waals surface area contributed by atoms with Gasteiger partial charge in [-0.15, -0.1) is 0 Å². The van der Waals surface area contributed by atoms with Crippen LogP contribution in [0.4, 0.5) is 0 Å². The number of benzene rings is 1. The molecule has 1 aromatic carbocycles. The van der Waals surface area contributed by atoms with Gasteiger partial charge >= 0.3 is 5.97 Å². The molecule has 1 aliphatic carbocycles. The van der Waals surface area contributed by atoms with E-state index in [1.54, 1.807) is 24.3 Å². The number of rotatable bonds is 4. The normalized spacial score (nSPS) is 21.0. The van der Waals surface area contributed by atoms with Crippen LogP contribution in [0.3, 0.4) is 0 Å². The molecular formula is C21H28N2O4. The van der Waals surface area contributed by atoms with Crippen LogP contribution < -0.4 is 5.73 Å². The maximum absolute atomic E-state index is 12.7. The Morgan fingerprint density at radius 3 is 2.04 bits per heavy atom. The van der Waals surface area contributed by atoms with Gasteiger partial charge in [0, 0.05) is 24.2 Å². The van der Waals surface area contributed by atoms with Gasteiger partial charge < -0.3 is 15.7 Å². The van der Waals surface area contributed by atoms with Gasteiger partial charge in [-0.05, 0) is 74.1 Å². The van der Waals surface area contributed by atoms with Crippen molar-refractivity contribution in [3.63, 3.8) is 0 Å². The smallest absolute Gasteiger partial charge is 0.306 e. The molecule has 146 valence electrons. The zero-order valence-corrected chi connectivity index (χ0v) is 15.8. The molecule has 3 rings (SSSR count). The van der Waals surface area contributed by atoms with Crippen molar-refractivity contribution in [2.75, 3.05) is 13.1 Å². The number of nitrogens with two attached hydrogens (primary N) is 1. The number of carbonyl (C=O) groups excluding carboxylic acids is 2. The van der Waals surface area contributed by atoms with E-state index in [0.29, 0.717) is 11.1 Å². The molecule has 1 heterocycles. The van der Waals surface area contributed by atoms with Crippen molar-refractivity contribution in [3.8, 4) is 0 Å². The zero-order valence-electron chi connectivity index (χ0n) is 15.8. The summed E-state index contributed by atoms with van der Waals surface area (Å²) in [5, 5.41) is 9.22. The Morgan fingerprint density at radius 2 is 1.56 bits per heavy atom. The highest BCUT2D eigenvalue weighted by Crippen LogP contribution is 2.47. The van der Waals surface area contributed by atoms with Crippen molar-refractivity contribution < 1.29 is 19.5 Å². The Balaban J connectivity index is 1.55. The van der Waals surface area contributed by atoms with Crippen molar-refractivity contribution in [2.24, 2.45) is 23.0 Å². The third-order valence-electron chi connectivity index (χ3n) is 6.72. The molecule has 0 aromatic heterocycles. The fourth-order valence-electron chi connectivity index (χ4n) is 4.60. The van der Waals surface area contributed by atoms with E-state index in [-0.39, 0.29) is 23.2 Å². The first-order valence-corrected chi connectivity index (χ1v) is 9.73. The van der Waals surface area contributed by atoms with Crippen molar-refractivity contribution in [1.29, 1.82) is 0 Å². The van der Waals surface area contributed by atoms with Gasteiger partial charge in [0.15, 0.2) is 0 Å². The van der Waals surface area contributed by atoms with Crippen LogP contribution in [0.2, 0.25) is 0 Å². The number of primary amides is 1. The molecule has 1 spiro atoms. The number of carbonyl (C=O) groups is 3. The fraction of sp³-hybridized carbons (Fsp3) is 0.571. The van der Waals surface area contributed by atoms with E-state index in [1.807, 2.05) is 11.8 Å². The predicted molar refractivity (Wildman–Crippen MR) is 101 cm³/mol. The lowest BCUT2D eigenvalue weighted by Crippen LogP contribution is -2.45. The lowest BCUT2D eigenvalue weighted by Gasteiger charge is -2.46. The molecule has 1 aromatic rings. The van der Waals surface area contributed by atoms with Crippen LogP contribution in [-0.4, -0.2) is 40.9 Å². The van der Waals surface area contributed by atoms with Gasteiger partial charge in [-0.2, -0.15) is 0 Å². The minimum absolute atomic E-state index is 0.00550. The fourth-order valence-corrected chi connectivity index (χ4v) is 4.60. The van der Waals surface area contributed by atoms with Crippen LogP contribution in [0.1, 0.15) is 66.2 Å². The first-order valence-electron chi connectivity index (χ1n) is 9.73. The van der Waals surface area contributed by atoms with Crippen molar-refractivity contribution in [1.82, 2.24) is 4.90 Å². The average Bonchev–Trinajstić information content (AvgIpc) is 2.68. The van der Waals surface area contributed by atoms with Crippen molar-refractivity contribution >= 4 is 17.8 Å². The first kappa shape index (κ1) is 19.4. The summed E-state index contributed by atoms with van der Waals surface area (Å²) in [7, 11) is 0. The van der Waals surface area contributed by atoms with E-state index in [0.717, 1.165) is 51.6 Å². The average molecular weight is 372 g/mol. The minimum atomic E-state index is -0.696. The molecule has 2 fully saturated rings. The summed E-state index contributed by atoms with van der Waals surface area (Å²) in [4.78, 5) is 37.0. The highest BCUT2D eigenvalue weighted by molar-refractivity contribution is 5.97. The van der Waals surface area contributed by atoms with Crippen LogP contribution in [-0.2, 0) is 4.79 Å². The number of likely N-dealkylation sites (tertiary alicyclic amines) is 1. The largest absolute Gasteiger partial charge is 0.481 e. The Hall–Kier alpha value is -2.37. The van der Waals surface area contributed by atoms with Gasteiger partial charge in [0.2, 0.25) is 5.91 Å². The highest BCUT2D eigenvalue weighted by atomic mass is 16.4. The lowest BCUT2D eigenvalue weighted by atomic mass is 9.63. The van der Waals surface area contributed by atoms with Gasteiger partial charge in [0.1, 0.15) is 0 Å². The van der Waals surface area contributed by atoms with Gasteiger partial charge in [0.25, 0.3) is 5.91 Å². The minimum Gasteiger partial charge on any atom is -0.481 e. The Labute approximate surface area is 159 Å². The maximum atomic E-state index is 12.7. The molecule has 27 heavy (non-hydrogen) atoms. The second-order valence-corrected chi connectivity index (χ2v) is 8.20. The van der Waals surface area contributed by atoms with E-state index in [9.17, 15) is 19.5 Å². The molecule has 1 aliphatic heterocycles. The summed E-state index contributed by atoms with van der Waals surface area (Å²) in [5.41, 5.74) is 6.48. The molecule has 6 heteroatoms. The van der Waals surface area contributed by atoms with Crippen molar-refractivity contribution in [2.45, 2.75) is 45.4 Å². The summed E-state index contributed by atoms with van der Waals surface area (Å²) < 4.78 is 0. The van der Waals surface area contributed by atoms with Gasteiger partial charge in [-0.3, -0.25) is 14.4 Å². The number of hydrogen-bond donors (Lipinski definition) is 2. The van der Waals surface area contributed by atoms with E-state index in [1.165, 1.54) is 0 Å². The van der Waals surface area contributed by atoms with Gasteiger partial charge in [-0.25, -0.2) is 0 Å². The van der Waals surface area contributed by atoms with Crippen LogP contribution in [0, 0.1) is 17.3 Å². The molecule has 6 nitrogen and oxygen atoms in total. The highest BCUT2D eigenvalue weighted by Gasteiger charge is 2.40. The molecule has 2 aliphatic rings. The van der Waals surface area contributed by atoms with Crippen LogP contribution in [0.25, 0.3) is 0 Å². The molecule has 2 amide bonds. The molecule has 1 saturated heterocycles. The number of nitrogens with zero attached hydrogens (tertiary/aromatic N) is 1. The third kappa shape index (κ3) is 4.15. The summed E-state index contributed by atoms with van der Waals surface area (Å²) in [6.45, 7) is 3.28. The Kier molecular flexibility index (Phi) is 5.53. The zero-order chi connectivity index (χ0) is 19.6.